The molecule has 0 radical (unpaired) electrons. The van der Waals surface area contributed by atoms with Crippen molar-refractivity contribution in [3.05, 3.63) is 16.1 Å². The van der Waals surface area contributed by atoms with Crippen molar-refractivity contribution in [2.24, 2.45) is 11.7 Å². The largest absolute Gasteiger partial charge is 0.330 e. The first kappa shape index (κ1) is 14.0. The van der Waals surface area contributed by atoms with Gasteiger partial charge in [0.2, 0.25) is 0 Å². The van der Waals surface area contributed by atoms with Gasteiger partial charge >= 0.3 is 0 Å². The van der Waals surface area contributed by atoms with Gasteiger partial charge in [-0.3, -0.25) is 4.90 Å². The summed E-state index contributed by atoms with van der Waals surface area (Å²) in [5.74, 6) is 0.680. The number of nitrogens with two attached hydrogens (primary N) is 1. The Morgan fingerprint density at radius 2 is 2.28 bits per heavy atom. The minimum Gasteiger partial charge on any atom is -0.330 e. The van der Waals surface area contributed by atoms with Crippen LogP contribution in [0.25, 0.3) is 0 Å². The Morgan fingerprint density at radius 3 is 2.89 bits per heavy atom. The summed E-state index contributed by atoms with van der Waals surface area (Å²) in [6.07, 6.45) is 2.56. The number of hydrogen-bond acceptors (Lipinski definition) is 4. The molecule has 4 heteroatoms. The van der Waals surface area contributed by atoms with Gasteiger partial charge < -0.3 is 5.73 Å². The smallest absolute Gasteiger partial charge is 0.0982 e. The number of piperidine rings is 1. The van der Waals surface area contributed by atoms with Crippen molar-refractivity contribution in [2.45, 2.75) is 45.6 Å². The van der Waals surface area contributed by atoms with Gasteiger partial charge in [-0.2, -0.15) is 0 Å². The summed E-state index contributed by atoms with van der Waals surface area (Å²) in [7, 11) is 0. The number of aromatic nitrogens is 1. The van der Waals surface area contributed by atoms with E-state index in [0.29, 0.717) is 5.92 Å². The monoisotopic (exact) mass is 267 g/mol. The average Bonchev–Trinajstić information content (AvgIpc) is 2.77. The molecule has 0 spiro atoms. The summed E-state index contributed by atoms with van der Waals surface area (Å²) in [6, 6.07) is 0. The zero-order valence-electron chi connectivity index (χ0n) is 11.8. The van der Waals surface area contributed by atoms with Gasteiger partial charge in [0.25, 0.3) is 0 Å². The van der Waals surface area contributed by atoms with E-state index in [-0.39, 0.29) is 5.41 Å². The highest BCUT2D eigenvalue weighted by Gasteiger charge is 2.21. The predicted molar refractivity (Wildman–Crippen MR) is 77.9 cm³/mol. The number of nitrogens with zero attached hydrogens (tertiary/aromatic N) is 2. The number of likely N-dealkylation sites (tertiary alicyclic amines) is 1. The highest BCUT2D eigenvalue weighted by atomic mass is 32.1. The molecule has 0 amide bonds. The topological polar surface area (TPSA) is 42.2 Å². The molecule has 1 aliphatic heterocycles. The second-order valence-corrected chi connectivity index (χ2v) is 7.23. The summed E-state index contributed by atoms with van der Waals surface area (Å²) >= 11 is 1.79. The second-order valence-electron chi connectivity index (χ2n) is 6.37. The first-order valence-electron chi connectivity index (χ1n) is 6.86. The van der Waals surface area contributed by atoms with Crippen LogP contribution < -0.4 is 5.73 Å². The molecule has 2 N–H and O–H groups in total. The van der Waals surface area contributed by atoms with Crippen LogP contribution in [0.15, 0.2) is 5.38 Å². The lowest BCUT2D eigenvalue weighted by Gasteiger charge is -2.31. The third-order valence-corrected chi connectivity index (χ3v) is 4.83. The summed E-state index contributed by atoms with van der Waals surface area (Å²) in [6.45, 7) is 10.8. The van der Waals surface area contributed by atoms with Gasteiger partial charge in [0.05, 0.1) is 10.7 Å². The third kappa shape index (κ3) is 3.53. The normalized spacial score (nSPS) is 22.3. The Hall–Kier alpha value is -0.450. The first-order chi connectivity index (χ1) is 8.49. The molecule has 1 saturated heterocycles. The molecule has 1 atom stereocenters. The predicted octanol–water partition coefficient (Wildman–Crippen LogP) is 2.61. The van der Waals surface area contributed by atoms with Crippen LogP contribution in [-0.4, -0.2) is 29.5 Å². The fourth-order valence-corrected chi connectivity index (χ4v) is 3.34. The van der Waals surface area contributed by atoms with Crippen LogP contribution in [0.1, 0.15) is 44.3 Å². The fourth-order valence-electron chi connectivity index (χ4n) is 2.44. The van der Waals surface area contributed by atoms with Crippen molar-refractivity contribution in [1.29, 1.82) is 0 Å². The quantitative estimate of drug-likeness (QED) is 0.915. The maximum Gasteiger partial charge on any atom is 0.0982 e. The minimum atomic E-state index is 0.171. The zero-order chi connectivity index (χ0) is 13.2. The molecule has 0 bridgehead atoms. The fraction of sp³-hybridized carbons (Fsp3) is 0.786. The highest BCUT2D eigenvalue weighted by Crippen LogP contribution is 2.26. The van der Waals surface area contributed by atoms with Crippen molar-refractivity contribution >= 4 is 11.3 Å². The first-order valence-corrected chi connectivity index (χ1v) is 7.74. The van der Waals surface area contributed by atoms with E-state index in [1.807, 2.05) is 0 Å². The average molecular weight is 267 g/mol. The van der Waals surface area contributed by atoms with Gasteiger partial charge in [0.1, 0.15) is 0 Å². The molecule has 0 saturated carbocycles. The molecule has 1 aromatic heterocycles. The second kappa shape index (κ2) is 5.68. The van der Waals surface area contributed by atoms with Gasteiger partial charge in [-0.1, -0.05) is 20.8 Å². The highest BCUT2D eigenvalue weighted by molar-refractivity contribution is 7.09. The molecular weight excluding hydrogens is 242 g/mol. The molecular formula is C14H25N3S. The Morgan fingerprint density at radius 1 is 1.50 bits per heavy atom. The molecule has 1 aliphatic rings. The van der Waals surface area contributed by atoms with E-state index in [1.165, 1.54) is 30.1 Å². The van der Waals surface area contributed by atoms with Crippen LogP contribution in [0, 0.1) is 5.92 Å². The van der Waals surface area contributed by atoms with E-state index in [2.05, 4.69) is 31.1 Å². The van der Waals surface area contributed by atoms with Crippen molar-refractivity contribution in [1.82, 2.24) is 9.88 Å². The maximum absolute atomic E-state index is 5.78. The summed E-state index contributed by atoms with van der Waals surface area (Å²) in [5, 5.41) is 3.46. The van der Waals surface area contributed by atoms with Crippen molar-refractivity contribution in [3.63, 3.8) is 0 Å². The zero-order valence-corrected chi connectivity index (χ0v) is 12.6. The van der Waals surface area contributed by atoms with E-state index < -0.39 is 0 Å². The van der Waals surface area contributed by atoms with Gasteiger partial charge in [0.15, 0.2) is 0 Å². The van der Waals surface area contributed by atoms with Crippen LogP contribution in [0.4, 0.5) is 0 Å². The van der Waals surface area contributed by atoms with Crippen LogP contribution in [-0.2, 0) is 12.0 Å². The Labute approximate surface area is 114 Å². The summed E-state index contributed by atoms with van der Waals surface area (Å²) in [5.41, 5.74) is 7.18. The molecule has 0 aliphatic carbocycles. The summed E-state index contributed by atoms with van der Waals surface area (Å²) < 4.78 is 0. The van der Waals surface area contributed by atoms with Gasteiger partial charge in [-0.15, -0.1) is 11.3 Å². The van der Waals surface area contributed by atoms with E-state index in [9.17, 15) is 0 Å². The Balaban J connectivity index is 1.95. The molecule has 18 heavy (non-hydrogen) atoms. The SMILES string of the molecule is CC(C)(C)c1nc(CN2CCCC(CN)C2)cs1. The third-order valence-electron chi connectivity index (χ3n) is 3.52. The molecule has 102 valence electrons. The minimum absolute atomic E-state index is 0.171. The number of hydrogen-bond donors (Lipinski definition) is 1. The van der Waals surface area contributed by atoms with Crippen LogP contribution in [0.3, 0.4) is 0 Å². The van der Waals surface area contributed by atoms with Gasteiger partial charge in [-0.25, -0.2) is 4.98 Å². The Bertz CT molecular complexity index is 381. The molecule has 0 aromatic carbocycles. The molecule has 1 fully saturated rings. The lowest BCUT2D eigenvalue weighted by atomic mass is 9.98. The van der Waals surface area contributed by atoms with Crippen LogP contribution in [0.5, 0.6) is 0 Å². The van der Waals surface area contributed by atoms with E-state index in [1.54, 1.807) is 11.3 Å². The lowest BCUT2D eigenvalue weighted by molar-refractivity contribution is 0.169. The van der Waals surface area contributed by atoms with Crippen LogP contribution >= 0.6 is 11.3 Å². The molecule has 3 nitrogen and oxygen atoms in total. The van der Waals surface area contributed by atoms with Gasteiger partial charge in [0, 0.05) is 23.9 Å². The van der Waals surface area contributed by atoms with Crippen molar-refractivity contribution in [2.75, 3.05) is 19.6 Å². The van der Waals surface area contributed by atoms with Crippen LogP contribution in [0.2, 0.25) is 0 Å². The van der Waals surface area contributed by atoms with Gasteiger partial charge in [-0.05, 0) is 31.8 Å². The van der Waals surface area contributed by atoms with Crippen molar-refractivity contribution in [3.8, 4) is 0 Å². The van der Waals surface area contributed by atoms with Crippen molar-refractivity contribution < 1.29 is 0 Å². The Kier molecular flexibility index (Phi) is 4.41. The maximum atomic E-state index is 5.78. The van der Waals surface area contributed by atoms with E-state index in [4.69, 9.17) is 10.7 Å². The number of thiazole rings is 1. The molecule has 2 rings (SSSR count). The lowest BCUT2D eigenvalue weighted by Crippen LogP contribution is -2.37. The summed E-state index contributed by atoms with van der Waals surface area (Å²) in [4.78, 5) is 7.27. The standard InChI is InChI=1S/C14H25N3S/c1-14(2,3)13-16-12(10-18-13)9-17-6-4-5-11(7-15)8-17/h10-11H,4-9,15H2,1-3H3. The molecule has 1 aromatic rings. The van der Waals surface area contributed by atoms with E-state index in [0.717, 1.165) is 19.6 Å². The molecule has 1 unspecified atom stereocenters. The molecule has 2 heterocycles. The number of rotatable bonds is 3. The van der Waals surface area contributed by atoms with E-state index >= 15 is 0 Å².